The number of furan rings is 1. The van der Waals surface area contributed by atoms with Crippen LogP contribution in [0.15, 0.2) is 34.1 Å². The van der Waals surface area contributed by atoms with Gasteiger partial charge in [0.05, 0.1) is 31.0 Å². The van der Waals surface area contributed by atoms with E-state index in [0.717, 1.165) is 69.6 Å². The molecule has 2 N–H and O–H groups in total. The molecule has 2 fully saturated rings. The van der Waals surface area contributed by atoms with Gasteiger partial charge in [-0.15, -0.1) is 10.2 Å². The molecule has 9 heteroatoms. The van der Waals surface area contributed by atoms with E-state index in [1.54, 1.807) is 12.6 Å². The van der Waals surface area contributed by atoms with Gasteiger partial charge in [0.15, 0.2) is 5.96 Å². The molecule has 3 unspecified atom stereocenters. The number of nitrogens with zero attached hydrogens (tertiary/aromatic N) is 5. The van der Waals surface area contributed by atoms with Gasteiger partial charge >= 0.3 is 0 Å². The van der Waals surface area contributed by atoms with Crippen LogP contribution in [-0.2, 0) is 17.7 Å². The molecule has 9 nitrogen and oxygen atoms in total. The third kappa shape index (κ3) is 5.89. The predicted octanol–water partition coefficient (Wildman–Crippen LogP) is 2.37. The number of likely N-dealkylation sites (tertiary alicyclic amines) is 1. The highest BCUT2D eigenvalue weighted by Gasteiger charge is 2.26. The fourth-order valence-electron chi connectivity index (χ4n) is 4.59. The summed E-state index contributed by atoms with van der Waals surface area (Å²) in [7, 11) is 0. The number of aryl methyl sites for hydroxylation is 1. The number of nitrogens with one attached hydrogen (secondary N) is 2. The average Bonchev–Trinajstić information content (AvgIpc) is 3.61. The largest absolute Gasteiger partial charge is 0.468 e. The summed E-state index contributed by atoms with van der Waals surface area (Å²) in [4.78, 5) is 7.47. The second kappa shape index (κ2) is 11.5. The normalized spacial score (nSPS) is 21.7. The van der Waals surface area contributed by atoms with Crippen LogP contribution in [0.3, 0.4) is 0 Å². The molecule has 0 bridgehead atoms. The number of ether oxygens (including phenoxy) is 1. The fraction of sp³-hybridized carbons (Fsp3) is 0.696. The number of guanidine groups is 1. The molecule has 0 saturated carbocycles. The van der Waals surface area contributed by atoms with Crippen molar-refractivity contribution in [2.45, 2.75) is 70.7 Å². The van der Waals surface area contributed by atoms with Gasteiger partial charge in [-0.3, -0.25) is 9.89 Å². The van der Waals surface area contributed by atoms with Gasteiger partial charge in [-0.05, 0) is 57.8 Å². The highest BCUT2D eigenvalue weighted by Crippen LogP contribution is 2.25. The number of aliphatic imine (C=N–C) groups is 1. The first kappa shape index (κ1) is 22.8. The van der Waals surface area contributed by atoms with Crippen LogP contribution < -0.4 is 10.6 Å². The number of hydrogen-bond acceptors (Lipinski definition) is 6. The average molecular weight is 444 g/mol. The predicted molar refractivity (Wildman–Crippen MR) is 124 cm³/mol. The minimum Gasteiger partial charge on any atom is -0.468 e. The van der Waals surface area contributed by atoms with Crippen LogP contribution in [0.2, 0.25) is 0 Å². The van der Waals surface area contributed by atoms with Gasteiger partial charge in [0.2, 0.25) is 0 Å². The van der Waals surface area contributed by atoms with Gasteiger partial charge in [-0.1, -0.05) is 6.92 Å². The Morgan fingerprint density at radius 3 is 2.91 bits per heavy atom. The zero-order valence-corrected chi connectivity index (χ0v) is 19.4. The van der Waals surface area contributed by atoms with Gasteiger partial charge in [0, 0.05) is 26.1 Å². The molecule has 3 atom stereocenters. The summed E-state index contributed by atoms with van der Waals surface area (Å²) >= 11 is 0. The van der Waals surface area contributed by atoms with E-state index in [1.165, 1.54) is 12.8 Å². The maximum Gasteiger partial charge on any atom is 0.191 e. The van der Waals surface area contributed by atoms with E-state index < -0.39 is 0 Å². The molecule has 4 rings (SSSR count). The van der Waals surface area contributed by atoms with Crippen molar-refractivity contribution in [3.8, 4) is 0 Å². The number of hydrogen-bond donors (Lipinski definition) is 2. The summed E-state index contributed by atoms with van der Waals surface area (Å²) in [5.74, 6) is 2.80. The maximum absolute atomic E-state index is 5.89. The Hall–Kier alpha value is -2.39. The summed E-state index contributed by atoms with van der Waals surface area (Å²) in [6, 6.07) is 4.38. The maximum atomic E-state index is 5.89. The van der Waals surface area contributed by atoms with Crippen molar-refractivity contribution < 1.29 is 9.15 Å². The van der Waals surface area contributed by atoms with Gasteiger partial charge in [0.25, 0.3) is 0 Å². The number of rotatable bonds is 10. The Kier molecular flexibility index (Phi) is 8.17. The highest BCUT2D eigenvalue weighted by molar-refractivity contribution is 5.80. The minimum absolute atomic E-state index is 0.161. The molecular weight excluding hydrogens is 406 g/mol. The van der Waals surface area contributed by atoms with Gasteiger partial charge in [-0.25, -0.2) is 0 Å². The van der Waals surface area contributed by atoms with Crippen molar-refractivity contribution in [3.05, 3.63) is 36.3 Å². The standard InChI is InChI=1S/C23H37N7O2/c1-3-22-28-26-17-30(22)13-10-24-23(27-18(2)20-8-6-14-31-20)25-16-19(21-9-7-15-32-21)29-11-4-5-12-29/h7,9,15,17-20H,3-6,8,10-14,16H2,1-2H3,(H2,24,25,27). The quantitative estimate of drug-likeness (QED) is 0.430. The van der Waals surface area contributed by atoms with E-state index in [4.69, 9.17) is 14.1 Å². The molecule has 176 valence electrons. The molecule has 4 heterocycles. The van der Waals surface area contributed by atoms with Gasteiger partial charge in [-0.2, -0.15) is 0 Å². The molecule has 2 aromatic heterocycles. The Morgan fingerprint density at radius 2 is 2.19 bits per heavy atom. The van der Waals surface area contributed by atoms with Crippen molar-refractivity contribution in [1.29, 1.82) is 0 Å². The van der Waals surface area contributed by atoms with Crippen molar-refractivity contribution >= 4 is 5.96 Å². The van der Waals surface area contributed by atoms with E-state index in [2.05, 4.69) is 50.2 Å². The van der Waals surface area contributed by atoms with Crippen LogP contribution in [0.1, 0.15) is 57.2 Å². The van der Waals surface area contributed by atoms with E-state index in [1.807, 2.05) is 6.07 Å². The second-order valence-corrected chi connectivity index (χ2v) is 8.67. The molecular formula is C23H37N7O2. The lowest BCUT2D eigenvalue weighted by molar-refractivity contribution is 0.0890. The second-order valence-electron chi connectivity index (χ2n) is 8.67. The molecule has 32 heavy (non-hydrogen) atoms. The van der Waals surface area contributed by atoms with Crippen molar-refractivity contribution in [2.24, 2.45) is 4.99 Å². The van der Waals surface area contributed by atoms with E-state index in [-0.39, 0.29) is 18.2 Å². The Balaban J connectivity index is 1.43. The van der Waals surface area contributed by atoms with Crippen LogP contribution in [-0.4, -0.2) is 70.6 Å². The zero-order valence-electron chi connectivity index (χ0n) is 19.4. The summed E-state index contributed by atoms with van der Waals surface area (Å²) in [5.41, 5.74) is 0. The molecule has 2 saturated heterocycles. The molecule has 0 aliphatic carbocycles. The third-order valence-corrected chi connectivity index (χ3v) is 6.42. The topological polar surface area (TPSA) is 92.7 Å². The van der Waals surface area contributed by atoms with Crippen LogP contribution in [0.25, 0.3) is 0 Å². The van der Waals surface area contributed by atoms with Crippen molar-refractivity contribution in [3.63, 3.8) is 0 Å². The molecule has 2 aliphatic heterocycles. The molecule has 2 aliphatic rings. The summed E-state index contributed by atoms with van der Waals surface area (Å²) in [6.07, 6.45) is 9.33. The first-order valence-corrected chi connectivity index (χ1v) is 12.0. The third-order valence-electron chi connectivity index (χ3n) is 6.42. The van der Waals surface area contributed by atoms with Gasteiger partial charge < -0.3 is 24.4 Å². The molecule has 0 radical (unpaired) electrons. The first-order chi connectivity index (χ1) is 15.7. The van der Waals surface area contributed by atoms with Gasteiger partial charge in [0.1, 0.15) is 17.9 Å². The van der Waals surface area contributed by atoms with Crippen LogP contribution >= 0.6 is 0 Å². The van der Waals surface area contributed by atoms with Crippen molar-refractivity contribution in [2.75, 3.05) is 32.8 Å². The molecule has 0 amide bonds. The fourth-order valence-corrected chi connectivity index (χ4v) is 4.59. The zero-order chi connectivity index (χ0) is 22.2. The van der Waals surface area contributed by atoms with E-state index in [9.17, 15) is 0 Å². The highest BCUT2D eigenvalue weighted by atomic mass is 16.5. The van der Waals surface area contributed by atoms with E-state index in [0.29, 0.717) is 6.54 Å². The molecule has 2 aromatic rings. The SMILES string of the molecule is CCc1nncn1CCNC(=NCC(c1ccco1)N1CCCC1)NC(C)C1CCCO1. The molecule has 0 aromatic carbocycles. The summed E-state index contributed by atoms with van der Waals surface area (Å²) in [5, 5.41) is 15.3. The van der Waals surface area contributed by atoms with E-state index >= 15 is 0 Å². The monoisotopic (exact) mass is 443 g/mol. The van der Waals surface area contributed by atoms with Crippen LogP contribution in [0.4, 0.5) is 0 Å². The lowest BCUT2D eigenvalue weighted by Crippen LogP contribution is -2.48. The Labute approximate surface area is 190 Å². The molecule has 0 spiro atoms. The lowest BCUT2D eigenvalue weighted by atomic mass is 10.1. The minimum atomic E-state index is 0.161. The number of aromatic nitrogens is 3. The first-order valence-electron chi connectivity index (χ1n) is 12.0. The summed E-state index contributed by atoms with van der Waals surface area (Å²) < 4.78 is 13.7. The lowest BCUT2D eigenvalue weighted by Gasteiger charge is -2.26. The summed E-state index contributed by atoms with van der Waals surface area (Å²) in [6.45, 7) is 9.48. The Morgan fingerprint density at radius 1 is 1.31 bits per heavy atom. The van der Waals surface area contributed by atoms with Crippen molar-refractivity contribution in [1.82, 2.24) is 30.3 Å². The van der Waals surface area contributed by atoms with Crippen LogP contribution in [0, 0.1) is 0 Å². The Bertz CT molecular complexity index is 823. The van der Waals surface area contributed by atoms with Crippen LogP contribution in [0.5, 0.6) is 0 Å². The smallest absolute Gasteiger partial charge is 0.191 e.